The van der Waals surface area contributed by atoms with Crippen molar-refractivity contribution in [2.75, 3.05) is 5.73 Å². The van der Waals surface area contributed by atoms with E-state index in [4.69, 9.17) is 20.0 Å². The topological polar surface area (TPSA) is 270 Å². The first-order valence-electron chi connectivity index (χ1n) is 9.11. The van der Waals surface area contributed by atoms with Crippen LogP contribution >= 0.6 is 23.5 Å². The van der Waals surface area contributed by atoms with Crippen LogP contribution in [0.3, 0.4) is 0 Å². The highest BCUT2D eigenvalue weighted by Crippen LogP contribution is 2.74. The molecule has 33 heavy (non-hydrogen) atoms. The molecule has 2 aromatic rings. The van der Waals surface area contributed by atoms with Gasteiger partial charge < -0.3 is 40.1 Å². The van der Waals surface area contributed by atoms with Crippen LogP contribution in [0.1, 0.15) is 19.9 Å². The number of nitrogens with two attached hydrogens (primary N) is 1. The minimum Gasteiger partial charge on any atom is -0.385 e. The normalized spacial score (nSPS) is 37.5. The largest absolute Gasteiger partial charge is 0.490 e. The Bertz CT molecular complexity index is 1260. The second kappa shape index (κ2) is 7.34. The lowest BCUT2D eigenvalue weighted by Gasteiger charge is -2.36. The molecule has 2 fully saturated rings. The number of anilines is 1. The number of aliphatic hydroxyl groups is 2. The first-order valence-corrected chi connectivity index (χ1v) is 13.6. The van der Waals surface area contributed by atoms with Crippen molar-refractivity contribution in [3.8, 4) is 0 Å². The van der Waals surface area contributed by atoms with Crippen LogP contribution in [0, 0.1) is 11.8 Å². The van der Waals surface area contributed by atoms with E-state index in [9.17, 15) is 33.7 Å². The van der Waals surface area contributed by atoms with Crippen molar-refractivity contribution in [1.29, 1.82) is 0 Å². The number of phosphoric ester groups is 1. The van der Waals surface area contributed by atoms with Crippen molar-refractivity contribution in [2.45, 2.75) is 37.2 Å². The van der Waals surface area contributed by atoms with Crippen LogP contribution < -0.4 is 5.73 Å². The quantitative estimate of drug-likeness (QED) is 0.220. The summed E-state index contributed by atoms with van der Waals surface area (Å²) in [6, 6.07) is -0.854. The Hall–Kier alpha value is -1.32. The van der Waals surface area contributed by atoms with Gasteiger partial charge in [0.15, 0.2) is 11.5 Å². The molecule has 8 N–H and O–H groups in total. The van der Waals surface area contributed by atoms with E-state index in [0.29, 0.717) is 0 Å². The van der Waals surface area contributed by atoms with Gasteiger partial charge in [0, 0.05) is 5.92 Å². The Morgan fingerprint density at radius 3 is 2.24 bits per heavy atom. The van der Waals surface area contributed by atoms with Crippen LogP contribution in [0.2, 0.25) is 0 Å². The number of rotatable bonds is 7. The van der Waals surface area contributed by atoms with Crippen molar-refractivity contribution in [3.63, 3.8) is 0 Å². The number of phosphoric acid groups is 3. The summed E-state index contributed by atoms with van der Waals surface area (Å²) < 4.78 is 48.1. The van der Waals surface area contributed by atoms with E-state index in [0.717, 1.165) is 0 Å². The van der Waals surface area contributed by atoms with Crippen molar-refractivity contribution in [2.24, 2.45) is 11.8 Å². The standard InChI is InChI=1S/C13H20N5O12P3/c1-5-6-9(28-32(24,25)30-33(26,27)29-31(21,22)23)13(6,20)12(2,19)8(5)18-4-17-7-10(14)15-3-16-11(7)18/h3-6,8-9,19-20H,1-2H3,(H,24,25)(H,26,27)(H2,14,15,16)(H2,21,22,23)/t5-,6-,8-,9?,12+,13+/m1/s1. The molecule has 2 heterocycles. The average molecular weight is 531 g/mol. The third-order valence-electron chi connectivity index (χ3n) is 5.96. The molecule has 2 aromatic heterocycles. The zero-order valence-electron chi connectivity index (χ0n) is 16.8. The van der Waals surface area contributed by atoms with E-state index in [-0.39, 0.29) is 17.0 Å². The zero-order chi connectivity index (χ0) is 24.8. The Morgan fingerprint density at radius 2 is 1.70 bits per heavy atom. The van der Waals surface area contributed by atoms with E-state index < -0.39 is 58.7 Å². The second-order valence-corrected chi connectivity index (χ2v) is 12.4. The first kappa shape index (κ1) is 24.8. The van der Waals surface area contributed by atoms with Crippen LogP contribution in [0.25, 0.3) is 11.2 Å². The predicted molar refractivity (Wildman–Crippen MR) is 106 cm³/mol. The summed E-state index contributed by atoms with van der Waals surface area (Å²) in [5.41, 5.74) is 2.20. The lowest BCUT2D eigenvalue weighted by atomic mass is 9.87. The summed E-state index contributed by atoms with van der Waals surface area (Å²) >= 11 is 0. The lowest BCUT2D eigenvalue weighted by molar-refractivity contribution is -0.115. The first-order chi connectivity index (χ1) is 14.9. The fourth-order valence-electron chi connectivity index (χ4n) is 4.80. The molecule has 8 atom stereocenters. The van der Waals surface area contributed by atoms with Gasteiger partial charge >= 0.3 is 23.5 Å². The Balaban J connectivity index is 1.58. The molecule has 4 rings (SSSR count). The van der Waals surface area contributed by atoms with Gasteiger partial charge in [-0.1, -0.05) is 6.92 Å². The molecule has 184 valence electrons. The minimum atomic E-state index is -5.73. The summed E-state index contributed by atoms with van der Waals surface area (Å²) in [6.45, 7) is 2.86. The minimum absolute atomic E-state index is 0.0958. The van der Waals surface area contributed by atoms with Crippen LogP contribution in [0.4, 0.5) is 5.82 Å². The van der Waals surface area contributed by atoms with Gasteiger partial charge in [-0.3, -0.25) is 4.52 Å². The zero-order valence-corrected chi connectivity index (χ0v) is 19.5. The summed E-state index contributed by atoms with van der Waals surface area (Å²) in [7, 11) is -16.8. The molecule has 0 aliphatic heterocycles. The fraction of sp³-hybridized carbons (Fsp3) is 0.615. The maximum Gasteiger partial charge on any atom is 0.490 e. The highest BCUT2D eigenvalue weighted by Gasteiger charge is 2.84. The third-order valence-corrected chi connectivity index (χ3v) is 9.78. The molecule has 3 unspecified atom stereocenters. The molecule has 0 saturated heterocycles. The molecule has 0 radical (unpaired) electrons. The van der Waals surface area contributed by atoms with Crippen LogP contribution in [0.5, 0.6) is 0 Å². The van der Waals surface area contributed by atoms with Gasteiger partial charge in [-0.05, 0) is 12.8 Å². The highest BCUT2D eigenvalue weighted by molar-refractivity contribution is 7.66. The summed E-state index contributed by atoms with van der Waals surface area (Å²) in [6.07, 6.45) is 0.994. The number of nitrogen functional groups attached to an aromatic ring is 1. The Morgan fingerprint density at radius 1 is 1.06 bits per heavy atom. The fourth-order valence-corrected chi connectivity index (χ4v) is 8.04. The molecule has 0 amide bonds. The van der Waals surface area contributed by atoms with Gasteiger partial charge in [-0.2, -0.15) is 8.62 Å². The van der Waals surface area contributed by atoms with E-state index in [2.05, 4.69) is 23.6 Å². The van der Waals surface area contributed by atoms with Crippen molar-refractivity contribution >= 4 is 40.4 Å². The molecule has 2 saturated carbocycles. The maximum atomic E-state index is 12.2. The summed E-state index contributed by atoms with van der Waals surface area (Å²) in [5, 5.41) is 22.4. The predicted octanol–water partition coefficient (Wildman–Crippen LogP) is -0.577. The van der Waals surface area contributed by atoms with Gasteiger partial charge in [0.05, 0.1) is 12.4 Å². The van der Waals surface area contributed by atoms with E-state index in [1.165, 1.54) is 24.1 Å². The monoisotopic (exact) mass is 531 g/mol. The number of nitrogens with zero attached hydrogens (tertiary/aromatic N) is 4. The van der Waals surface area contributed by atoms with Gasteiger partial charge in [-0.15, -0.1) is 0 Å². The number of hydrogen-bond donors (Lipinski definition) is 7. The molecule has 0 spiro atoms. The molecule has 2 aliphatic carbocycles. The second-order valence-electron chi connectivity index (χ2n) is 8.00. The van der Waals surface area contributed by atoms with Gasteiger partial charge in [-0.25, -0.2) is 28.6 Å². The molecule has 0 aromatic carbocycles. The smallest absolute Gasteiger partial charge is 0.385 e. The van der Waals surface area contributed by atoms with Gasteiger partial charge in [0.25, 0.3) is 0 Å². The summed E-state index contributed by atoms with van der Waals surface area (Å²) in [4.78, 5) is 48.4. The number of hydrogen-bond acceptors (Lipinski definition) is 12. The van der Waals surface area contributed by atoms with Gasteiger partial charge in [0.2, 0.25) is 0 Å². The molecule has 0 bridgehead atoms. The molecular weight excluding hydrogens is 511 g/mol. The average Bonchev–Trinajstić information content (AvgIpc) is 2.91. The highest BCUT2D eigenvalue weighted by atomic mass is 31.3. The molecular formula is C13H20N5O12P3. The lowest BCUT2D eigenvalue weighted by Crippen LogP contribution is -2.49. The Labute approximate surface area is 184 Å². The number of imidazole rings is 1. The molecule has 17 nitrogen and oxygen atoms in total. The van der Waals surface area contributed by atoms with Crippen molar-refractivity contribution in [3.05, 3.63) is 12.7 Å². The SMILES string of the molecule is C[C@H]1[C@@H](n2cnc3c(N)ncnc32)[C@](C)(O)[C@@]2(O)C(OP(=O)(O)OP(=O)(O)OP(=O)(O)O)[C@@H]12. The van der Waals surface area contributed by atoms with Crippen molar-refractivity contribution < 1.29 is 56.6 Å². The third kappa shape index (κ3) is 3.97. The van der Waals surface area contributed by atoms with Crippen LogP contribution in [-0.4, -0.2) is 66.6 Å². The van der Waals surface area contributed by atoms with Crippen LogP contribution in [-0.2, 0) is 26.8 Å². The summed E-state index contributed by atoms with van der Waals surface area (Å²) in [5.74, 6) is -1.49. The van der Waals surface area contributed by atoms with E-state index in [1.54, 1.807) is 6.92 Å². The Kier molecular flexibility index (Phi) is 5.51. The number of fused-ring (bicyclic) bond motifs is 2. The number of aromatic nitrogens is 4. The van der Waals surface area contributed by atoms with E-state index in [1.807, 2.05) is 0 Å². The van der Waals surface area contributed by atoms with Gasteiger partial charge in [0.1, 0.15) is 29.2 Å². The van der Waals surface area contributed by atoms with Crippen molar-refractivity contribution in [1.82, 2.24) is 19.5 Å². The van der Waals surface area contributed by atoms with Crippen LogP contribution in [0.15, 0.2) is 12.7 Å². The maximum absolute atomic E-state index is 12.2. The molecule has 2 aliphatic rings. The molecule has 20 heteroatoms. The van der Waals surface area contributed by atoms with E-state index >= 15 is 0 Å².